The Bertz CT molecular complexity index is 759. The van der Waals surface area contributed by atoms with Crippen molar-refractivity contribution in [3.8, 4) is 5.75 Å². The standard InChI is InChI=1S/C16H18N4O3S/c1-9(2)7-14-19-20-16(24-14)18-13(21)8-12-15(22)17-10-5-3-4-6-11(10)23-12/h3-6,9,12H,7-8H2,1-2H3,(H,17,22)(H,18,20,21)/t12-/m0/s1. The minimum Gasteiger partial charge on any atom is -0.478 e. The molecule has 0 aliphatic carbocycles. The zero-order valence-corrected chi connectivity index (χ0v) is 14.2. The van der Waals surface area contributed by atoms with Gasteiger partial charge in [-0.05, 0) is 18.1 Å². The van der Waals surface area contributed by atoms with Crippen molar-refractivity contribution in [2.24, 2.45) is 5.92 Å². The van der Waals surface area contributed by atoms with Crippen LogP contribution < -0.4 is 15.4 Å². The lowest BCUT2D eigenvalue weighted by Crippen LogP contribution is -2.39. The summed E-state index contributed by atoms with van der Waals surface area (Å²) in [6, 6.07) is 7.12. The average molecular weight is 346 g/mol. The maximum atomic E-state index is 12.1. The van der Waals surface area contributed by atoms with Crippen LogP contribution in [0, 0.1) is 5.92 Å². The predicted molar refractivity (Wildman–Crippen MR) is 91.2 cm³/mol. The van der Waals surface area contributed by atoms with Crippen molar-refractivity contribution in [2.45, 2.75) is 32.8 Å². The summed E-state index contributed by atoms with van der Waals surface area (Å²) in [5, 5.41) is 14.7. The number of amides is 2. The van der Waals surface area contributed by atoms with E-state index in [1.54, 1.807) is 18.2 Å². The van der Waals surface area contributed by atoms with Gasteiger partial charge in [0.15, 0.2) is 6.10 Å². The molecular weight excluding hydrogens is 328 g/mol. The molecule has 0 radical (unpaired) electrons. The van der Waals surface area contributed by atoms with Gasteiger partial charge in [0.2, 0.25) is 11.0 Å². The van der Waals surface area contributed by atoms with E-state index in [1.165, 1.54) is 11.3 Å². The van der Waals surface area contributed by atoms with E-state index in [0.717, 1.165) is 11.4 Å². The van der Waals surface area contributed by atoms with Crippen molar-refractivity contribution in [1.82, 2.24) is 10.2 Å². The van der Waals surface area contributed by atoms with Crippen LogP contribution in [0.1, 0.15) is 25.3 Å². The summed E-state index contributed by atoms with van der Waals surface area (Å²) in [6.45, 7) is 4.19. The quantitative estimate of drug-likeness (QED) is 0.867. The van der Waals surface area contributed by atoms with Gasteiger partial charge in [0.25, 0.3) is 5.91 Å². The van der Waals surface area contributed by atoms with E-state index in [4.69, 9.17) is 4.74 Å². The number of nitrogens with one attached hydrogen (secondary N) is 2. The van der Waals surface area contributed by atoms with Crippen LogP contribution in [0.15, 0.2) is 24.3 Å². The highest BCUT2D eigenvalue weighted by molar-refractivity contribution is 7.15. The second kappa shape index (κ2) is 6.96. The van der Waals surface area contributed by atoms with Crippen LogP contribution in [0.25, 0.3) is 0 Å². The summed E-state index contributed by atoms with van der Waals surface area (Å²) >= 11 is 1.35. The minimum absolute atomic E-state index is 0.0841. The second-order valence-corrected chi connectivity index (χ2v) is 7.01. The van der Waals surface area contributed by atoms with Crippen LogP contribution in [0.4, 0.5) is 10.8 Å². The number of hydrogen-bond acceptors (Lipinski definition) is 6. The number of carbonyl (C=O) groups excluding carboxylic acids is 2. The zero-order valence-electron chi connectivity index (χ0n) is 13.4. The van der Waals surface area contributed by atoms with Gasteiger partial charge in [0.05, 0.1) is 12.1 Å². The molecule has 2 aromatic rings. The normalized spacial score (nSPS) is 16.3. The lowest BCUT2D eigenvalue weighted by molar-refractivity contribution is -0.128. The van der Waals surface area contributed by atoms with Crippen LogP contribution >= 0.6 is 11.3 Å². The molecule has 1 atom stereocenters. The van der Waals surface area contributed by atoms with E-state index < -0.39 is 6.10 Å². The number of anilines is 2. The molecule has 0 fully saturated rings. The molecular formula is C16H18N4O3S. The number of fused-ring (bicyclic) bond motifs is 1. The summed E-state index contributed by atoms with van der Waals surface area (Å²) in [5.74, 6) is 0.370. The molecule has 0 unspecified atom stereocenters. The molecule has 1 aliphatic heterocycles. The van der Waals surface area contributed by atoms with Gasteiger partial charge in [0, 0.05) is 6.42 Å². The van der Waals surface area contributed by atoms with Crippen molar-refractivity contribution in [1.29, 1.82) is 0 Å². The van der Waals surface area contributed by atoms with Crippen LogP contribution in [-0.4, -0.2) is 28.1 Å². The molecule has 7 nitrogen and oxygen atoms in total. The monoisotopic (exact) mass is 346 g/mol. The topological polar surface area (TPSA) is 93.2 Å². The van der Waals surface area contributed by atoms with Gasteiger partial charge in [-0.1, -0.05) is 37.3 Å². The van der Waals surface area contributed by atoms with E-state index in [-0.39, 0.29) is 18.2 Å². The van der Waals surface area contributed by atoms with E-state index in [9.17, 15) is 9.59 Å². The van der Waals surface area contributed by atoms with Crippen molar-refractivity contribution in [3.63, 3.8) is 0 Å². The zero-order chi connectivity index (χ0) is 17.1. The lowest BCUT2D eigenvalue weighted by Gasteiger charge is -2.25. The summed E-state index contributed by atoms with van der Waals surface area (Å²) in [5.41, 5.74) is 0.613. The fraction of sp³-hybridized carbons (Fsp3) is 0.375. The molecule has 0 saturated heterocycles. The Morgan fingerprint density at radius 3 is 2.96 bits per heavy atom. The minimum atomic E-state index is -0.858. The summed E-state index contributed by atoms with van der Waals surface area (Å²) in [4.78, 5) is 24.2. The van der Waals surface area contributed by atoms with Gasteiger partial charge < -0.3 is 15.4 Å². The SMILES string of the molecule is CC(C)Cc1nnc(NC(=O)C[C@@H]2Oc3ccccc3NC2=O)s1. The van der Waals surface area contributed by atoms with Crippen LogP contribution in [0.2, 0.25) is 0 Å². The van der Waals surface area contributed by atoms with E-state index in [1.807, 2.05) is 6.07 Å². The summed E-state index contributed by atoms with van der Waals surface area (Å²) in [6.07, 6.45) is -0.125. The molecule has 0 bridgehead atoms. The molecule has 0 spiro atoms. The van der Waals surface area contributed by atoms with Gasteiger partial charge in [0.1, 0.15) is 10.8 Å². The molecule has 126 valence electrons. The van der Waals surface area contributed by atoms with Gasteiger partial charge in [-0.3, -0.25) is 9.59 Å². The molecule has 1 aliphatic rings. The molecule has 2 heterocycles. The summed E-state index contributed by atoms with van der Waals surface area (Å²) < 4.78 is 5.60. The Labute approximate surface area is 143 Å². The fourth-order valence-electron chi connectivity index (χ4n) is 2.30. The highest BCUT2D eigenvalue weighted by atomic mass is 32.1. The number of hydrogen-bond donors (Lipinski definition) is 2. The third kappa shape index (κ3) is 3.88. The maximum Gasteiger partial charge on any atom is 0.266 e. The van der Waals surface area contributed by atoms with Gasteiger partial charge in [-0.25, -0.2) is 0 Å². The summed E-state index contributed by atoms with van der Waals surface area (Å²) in [7, 11) is 0. The van der Waals surface area contributed by atoms with E-state index in [0.29, 0.717) is 22.5 Å². The molecule has 1 aromatic carbocycles. The van der Waals surface area contributed by atoms with Crippen LogP contribution in [0.5, 0.6) is 5.75 Å². The Hall–Kier alpha value is -2.48. The number of nitrogens with zero attached hydrogens (tertiary/aromatic N) is 2. The number of para-hydroxylation sites is 2. The molecule has 0 saturated carbocycles. The Kier molecular flexibility index (Phi) is 4.75. The fourth-order valence-corrected chi connectivity index (χ4v) is 3.27. The van der Waals surface area contributed by atoms with Gasteiger partial charge >= 0.3 is 0 Å². The first-order valence-electron chi connectivity index (χ1n) is 7.70. The maximum absolute atomic E-state index is 12.1. The Balaban J connectivity index is 1.59. The van der Waals surface area contributed by atoms with Crippen molar-refractivity contribution < 1.29 is 14.3 Å². The predicted octanol–water partition coefficient (Wildman–Crippen LogP) is 2.46. The van der Waals surface area contributed by atoms with Crippen molar-refractivity contribution in [2.75, 3.05) is 10.6 Å². The average Bonchev–Trinajstić information content (AvgIpc) is 2.94. The number of aromatic nitrogens is 2. The Morgan fingerprint density at radius 1 is 1.38 bits per heavy atom. The van der Waals surface area contributed by atoms with Crippen molar-refractivity contribution in [3.05, 3.63) is 29.3 Å². The van der Waals surface area contributed by atoms with Gasteiger partial charge in [-0.15, -0.1) is 10.2 Å². The highest BCUT2D eigenvalue weighted by Gasteiger charge is 2.29. The molecule has 8 heteroatoms. The smallest absolute Gasteiger partial charge is 0.266 e. The first-order valence-corrected chi connectivity index (χ1v) is 8.51. The van der Waals surface area contributed by atoms with E-state index >= 15 is 0 Å². The molecule has 24 heavy (non-hydrogen) atoms. The molecule has 2 amide bonds. The molecule has 1 aromatic heterocycles. The van der Waals surface area contributed by atoms with Crippen LogP contribution in [-0.2, 0) is 16.0 Å². The van der Waals surface area contributed by atoms with Crippen molar-refractivity contribution >= 4 is 34.0 Å². The number of carbonyl (C=O) groups is 2. The lowest BCUT2D eigenvalue weighted by atomic mass is 10.1. The number of rotatable bonds is 5. The Morgan fingerprint density at radius 2 is 2.17 bits per heavy atom. The van der Waals surface area contributed by atoms with Crippen LogP contribution in [0.3, 0.4) is 0 Å². The number of ether oxygens (including phenoxy) is 1. The molecule has 3 rings (SSSR count). The second-order valence-electron chi connectivity index (χ2n) is 5.94. The third-order valence-electron chi connectivity index (χ3n) is 3.37. The molecule has 2 N–H and O–H groups in total. The highest BCUT2D eigenvalue weighted by Crippen LogP contribution is 2.29. The largest absolute Gasteiger partial charge is 0.478 e. The first-order chi connectivity index (χ1) is 11.5. The number of benzene rings is 1. The first kappa shape index (κ1) is 16.4. The third-order valence-corrected chi connectivity index (χ3v) is 4.23. The van der Waals surface area contributed by atoms with E-state index in [2.05, 4.69) is 34.7 Å². The van der Waals surface area contributed by atoms with Gasteiger partial charge in [-0.2, -0.15) is 0 Å².